The summed E-state index contributed by atoms with van der Waals surface area (Å²) in [5, 5.41) is 6.83. The highest BCUT2D eigenvalue weighted by Gasteiger charge is 2.32. The van der Waals surface area contributed by atoms with Crippen LogP contribution >= 0.6 is 0 Å². The van der Waals surface area contributed by atoms with Crippen molar-refractivity contribution in [2.75, 3.05) is 13.1 Å². The summed E-state index contributed by atoms with van der Waals surface area (Å²) >= 11 is 0. The van der Waals surface area contributed by atoms with Gasteiger partial charge in [0.1, 0.15) is 5.76 Å². The van der Waals surface area contributed by atoms with Gasteiger partial charge in [0.2, 0.25) is 0 Å². The van der Waals surface area contributed by atoms with E-state index in [0.717, 1.165) is 31.7 Å². The predicted octanol–water partition coefficient (Wildman–Crippen LogP) is 1.37. The molecule has 1 N–H and O–H groups in total. The van der Waals surface area contributed by atoms with Gasteiger partial charge in [0.25, 0.3) is 5.91 Å². The van der Waals surface area contributed by atoms with Crippen LogP contribution in [0, 0.1) is 0 Å². The van der Waals surface area contributed by atoms with Crippen LogP contribution in [0.2, 0.25) is 0 Å². The minimum Gasteiger partial charge on any atom is -0.360 e. The molecular weight excluding hydrogens is 230 g/mol. The standard InChI is InChI=1S/C13H19N3O2/c1-8(2)16-6-10(7-16)14-13(17)11-5-12(18-15-11)9-3-4-9/h5,8-10H,3-4,6-7H2,1-2H3,(H,14,17). The van der Waals surface area contributed by atoms with Gasteiger partial charge in [0, 0.05) is 31.1 Å². The summed E-state index contributed by atoms with van der Waals surface area (Å²) in [5.41, 5.74) is 0.417. The van der Waals surface area contributed by atoms with E-state index in [2.05, 4.69) is 29.2 Å². The van der Waals surface area contributed by atoms with Gasteiger partial charge in [0.05, 0.1) is 6.04 Å². The number of carbonyl (C=O) groups is 1. The Labute approximate surface area is 107 Å². The third kappa shape index (κ3) is 2.27. The Kier molecular flexibility index (Phi) is 2.86. The summed E-state index contributed by atoms with van der Waals surface area (Å²) in [7, 11) is 0. The van der Waals surface area contributed by atoms with E-state index < -0.39 is 0 Å². The molecule has 1 aliphatic carbocycles. The number of likely N-dealkylation sites (tertiary alicyclic amines) is 1. The van der Waals surface area contributed by atoms with Gasteiger partial charge in [-0.1, -0.05) is 5.16 Å². The van der Waals surface area contributed by atoms with Gasteiger partial charge >= 0.3 is 0 Å². The molecule has 2 aliphatic rings. The second-order valence-corrected chi connectivity index (χ2v) is 5.61. The second kappa shape index (κ2) is 4.39. The molecule has 0 spiro atoms. The number of amides is 1. The molecule has 18 heavy (non-hydrogen) atoms. The Hall–Kier alpha value is -1.36. The van der Waals surface area contributed by atoms with Gasteiger partial charge in [-0.25, -0.2) is 0 Å². The highest BCUT2D eigenvalue weighted by Crippen LogP contribution is 2.40. The first-order valence-corrected chi connectivity index (χ1v) is 6.65. The molecule has 1 aliphatic heterocycles. The molecule has 2 heterocycles. The lowest BCUT2D eigenvalue weighted by Gasteiger charge is -2.42. The molecule has 0 unspecified atom stereocenters. The maximum absolute atomic E-state index is 11.9. The van der Waals surface area contributed by atoms with Crippen molar-refractivity contribution in [1.29, 1.82) is 0 Å². The third-order valence-corrected chi connectivity index (χ3v) is 3.72. The lowest BCUT2D eigenvalue weighted by molar-refractivity contribution is 0.0707. The van der Waals surface area contributed by atoms with Crippen LogP contribution in [0.15, 0.2) is 10.6 Å². The van der Waals surface area contributed by atoms with Crippen molar-refractivity contribution in [2.24, 2.45) is 0 Å². The van der Waals surface area contributed by atoms with E-state index in [-0.39, 0.29) is 11.9 Å². The van der Waals surface area contributed by atoms with Gasteiger partial charge in [-0.15, -0.1) is 0 Å². The summed E-state index contributed by atoms with van der Waals surface area (Å²) in [6, 6.07) is 2.58. The van der Waals surface area contributed by atoms with Gasteiger partial charge in [-0.3, -0.25) is 9.69 Å². The fourth-order valence-electron chi connectivity index (χ4n) is 2.24. The highest BCUT2D eigenvalue weighted by molar-refractivity contribution is 5.92. The van der Waals surface area contributed by atoms with Crippen LogP contribution in [-0.4, -0.2) is 41.1 Å². The minimum atomic E-state index is -0.112. The SMILES string of the molecule is CC(C)N1CC(NC(=O)c2cc(C3CC3)on2)C1. The van der Waals surface area contributed by atoms with Crippen molar-refractivity contribution in [3.63, 3.8) is 0 Å². The molecule has 2 fully saturated rings. The number of hydrogen-bond donors (Lipinski definition) is 1. The first-order valence-electron chi connectivity index (χ1n) is 6.65. The lowest BCUT2D eigenvalue weighted by atomic mass is 10.1. The Morgan fingerprint density at radius 1 is 1.50 bits per heavy atom. The maximum Gasteiger partial charge on any atom is 0.273 e. The zero-order valence-electron chi connectivity index (χ0n) is 10.8. The predicted molar refractivity (Wildman–Crippen MR) is 66.4 cm³/mol. The van der Waals surface area contributed by atoms with Crippen LogP contribution in [0.25, 0.3) is 0 Å². The fraction of sp³-hybridized carbons (Fsp3) is 0.692. The number of aromatic nitrogens is 1. The largest absolute Gasteiger partial charge is 0.360 e. The second-order valence-electron chi connectivity index (χ2n) is 5.61. The van der Waals surface area contributed by atoms with E-state index in [9.17, 15) is 4.79 Å². The van der Waals surface area contributed by atoms with Crippen molar-refractivity contribution >= 4 is 5.91 Å². The van der Waals surface area contributed by atoms with E-state index in [1.807, 2.05) is 0 Å². The Morgan fingerprint density at radius 2 is 2.22 bits per heavy atom. The molecule has 1 saturated carbocycles. The zero-order valence-corrected chi connectivity index (χ0v) is 10.8. The van der Waals surface area contributed by atoms with Gasteiger partial charge < -0.3 is 9.84 Å². The van der Waals surface area contributed by atoms with Crippen LogP contribution in [0.3, 0.4) is 0 Å². The topological polar surface area (TPSA) is 58.4 Å². The van der Waals surface area contributed by atoms with E-state index in [0.29, 0.717) is 17.7 Å². The van der Waals surface area contributed by atoms with Crippen molar-refractivity contribution < 1.29 is 9.32 Å². The fourth-order valence-corrected chi connectivity index (χ4v) is 2.24. The Balaban J connectivity index is 1.52. The van der Waals surface area contributed by atoms with Gasteiger partial charge in [-0.05, 0) is 26.7 Å². The Bertz CT molecular complexity index is 445. The molecule has 1 amide bonds. The third-order valence-electron chi connectivity index (χ3n) is 3.72. The lowest BCUT2D eigenvalue weighted by Crippen LogP contribution is -2.61. The van der Waals surface area contributed by atoms with Crippen molar-refractivity contribution in [2.45, 2.75) is 44.7 Å². The molecule has 1 aromatic heterocycles. The van der Waals surface area contributed by atoms with Gasteiger partial charge in [0.15, 0.2) is 5.69 Å². The first kappa shape index (κ1) is 11.7. The molecule has 1 aromatic rings. The average Bonchev–Trinajstić information content (AvgIpc) is 3.00. The number of rotatable bonds is 4. The minimum absolute atomic E-state index is 0.112. The average molecular weight is 249 g/mol. The number of hydrogen-bond acceptors (Lipinski definition) is 4. The van der Waals surface area contributed by atoms with Gasteiger partial charge in [-0.2, -0.15) is 0 Å². The highest BCUT2D eigenvalue weighted by atomic mass is 16.5. The van der Waals surface area contributed by atoms with Crippen LogP contribution < -0.4 is 5.32 Å². The van der Waals surface area contributed by atoms with Crippen molar-refractivity contribution in [3.05, 3.63) is 17.5 Å². The van der Waals surface area contributed by atoms with E-state index in [4.69, 9.17) is 4.52 Å². The van der Waals surface area contributed by atoms with Crippen LogP contribution in [-0.2, 0) is 0 Å². The summed E-state index contributed by atoms with van der Waals surface area (Å²) < 4.78 is 5.18. The molecule has 1 saturated heterocycles. The van der Waals surface area contributed by atoms with E-state index >= 15 is 0 Å². The maximum atomic E-state index is 11.9. The summed E-state index contributed by atoms with van der Waals surface area (Å²) in [4.78, 5) is 14.3. The molecule has 3 rings (SSSR count). The molecule has 5 nitrogen and oxygen atoms in total. The monoisotopic (exact) mass is 249 g/mol. The van der Waals surface area contributed by atoms with Crippen molar-refractivity contribution in [1.82, 2.24) is 15.4 Å². The number of nitrogens with one attached hydrogen (secondary N) is 1. The van der Waals surface area contributed by atoms with Crippen LogP contribution in [0.5, 0.6) is 0 Å². The first-order chi connectivity index (χ1) is 8.63. The van der Waals surface area contributed by atoms with E-state index in [1.165, 1.54) is 0 Å². The van der Waals surface area contributed by atoms with Crippen LogP contribution in [0.4, 0.5) is 0 Å². The molecular formula is C13H19N3O2. The smallest absolute Gasteiger partial charge is 0.273 e. The summed E-state index contributed by atoms with van der Waals surface area (Å²) in [6.45, 7) is 6.18. The molecule has 98 valence electrons. The molecule has 0 bridgehead atoms. The number of carbonyl (C=O) groups excluding carboxylic acids is 1. The van der Waals surface area contributed by atoms with Crippen LogP contribution in [0.1, 0.15) is 48.9 Å². The quantitative estimate of drug-likeness (QED) is 0.875. The summed E-state index contributed by atoms with van der Waals surface area (Å²) in [6.07, 6.45) is 2.31. The zero-order chi connectivity index (χ0) is 12.7. The molecule has 0 aromatic carbocycles. The normalized spacial score (nSPS) is 21.1. The molecule has 0 radical (unpaired) electrons. The number of nitrogens with zero attached hydrogens (tertiary/aromatic N) is 2. The van der Waals surface area contributed by atoms with E-state index in [1.54, 1.807) is 6.07 Å². The van der Waals surface area contributed by atoms with Crippen molar-refractivity contribution in [3.8, 4) is 0 Å². The molecule has 0 atom stereocenters. The molecule has 5 heteroatoms. The Morgan fingerprint density at radius 3 is 2.83 bits per heavy atom. The summed E-state index contributed by atoms with van der Waals surface area (Å²) in [5.74, 6) is 1.25.